The molecule has 0 radical (unpaired) electrons. The van der Waals surface area contributed by atoms with Gasteiger partial charge >= 0.3 is 0 Å². The summed E-state index contributed by atoms with van der Waals surface area (Å²) in [6.07, 6.45) is -1.65. The van der Waals surface area contributed by atoms with Gasteiger partial charge in [-0.3, -0.25) is 0 Å². The average molecular weight is 767 g/mol. The van der Waals surface area contributed by atoms with Gasteiger partial charge in [-0.15, -0.1) is 0 Å². The Bertz CT molecular complexity index is 1450. The van der Waals surface area contributed by atoms with Crippen molar-refractivity contribution in [1.29, 1.82) is 0 Å². The first kappa shape index (κ1) is 40.0. The average Bonchev–Trinajstić information content (AvgIpc) is 3.43. The van der Waals surface area contributed by atoms with Crippen LogP contribution in [0, 0.1) is 51.8 Å². The van der Waals surface area contributed by atoms with E-state index in [1.807, 2.05) is 6.92 Å². The Morgan fingerprint density at radius 3 is 2.33 bits per heavy atom. The Morgan fingerprint density at radius 1 is 0.889 bits per heavy atom. The molecule has 8 N–H and O–H groups in total. The van der Waals surface area contributed by atoms with Gasteiger partial charge in [-0.05, 0) is 98.2 Å². The third kappa shape index (κ3) is 5.72. The monoisotopic (exact) mass is 766 g/mol. The molecule has 13 heteroatoms. The van der Waals surface area contributed by atoms with Gasteiger partial charge in [-0.2, -0.15) is 0 Å². The van der Waals surface area contributed by atoms with Gasteiger partial charge in [0, 0.05) is 18.9 Å². The third-order valence-corrected chi connectivity index (χ3v) is 16.8. The summed E-state index contributed by atoms with van der Waals surface area (Å²) in [6.45, 7) is 12.7. The lowest BCUT2D eigenvalue weighted by Crippen LogP contribution is -2.63. The van der Waals surface area contributed by atoms with Crippen LogP contribution in [0.2, 0.25) is 0 Å². The first-order chi connectivity index (χ1) is 25.4. The quantitative estimate of drug-likeness (QED) is 0.158. The Balaban J connectivity index is 0.984. The minimum atomic E-state index is -1.71. The highest BCUT2D eigenvalue weighted by atomic mass is 16.8. The normalized spacial score (nSPS) is 58.3. The summed E-state index contributed by atoms with van der Waals surface area (Å²) >= 11 is 0. The summed E-state index contributed by atoms with van der Waals surface area (Å²) in [7, 11) is 0. The fourth-order valence-corrected chi connectivity index (χ4v) is 13.5. The van der Waals surface area contributed by atoms with Gasteiger partial charge in [-0.25, -0.2) is 0 Å². The van der Waals surface area contributed by atoms with Crippen molar-refractivity contribution in [3.63, 3.8) is 0 Å². The van der Waals surface area contributed by atoms with Crippen molar-refractivity contribution in [3.8, 4) is 0 Å². The van der Waals surface area contributed by atoms with Gasteiger partial charge in [0.15, 0.2) is 12.1 Å². The van der Waals surface area contributed by atoms with Gasteiger partial charge in [0.05, 0.1) is 36.9 Å². The molecule has 22 atom stereocenters. The topological polar surface area (TPSA) is 208 Å². The molecule has 3 heterocycles. The molecule has 8 aliphatic rings. The molecule has 3 saturated heterocycles. The van der Waals surface area contributed by atoms with Crippen LogP contribution in [0.25, 0.3) is 0 Å². The van der Waals surface area contributed by atoms with Crippen LogP contribution in [-0.4, -0.2) is 133 Å². The molecule has 12 unspecified atom stereocenters. The molecule has 8 rings (SSSR count). The van der Waals surface area contributed by atoms with E-state index in [4.69, 9.17) is 23.7 Å². The number of fused-ring (bicyclic) bond motifs is 8. The number of allylic oxidation sites excluding steroid dienone is 1. The van der Waals surface area contributed by atoms with Crippen molar-refractivity contribution in [2.75, 3.05) is 13.2 Å². The zero-order valence-corrected chi connectivity index (χ0v) is 32.8. The summed E-state index contributed by atoms with van der Waals surface area (Å²) in [6, 6.07) is 0. The van der Waals surface area contributed by atoms with E-state index in [0.717, 1.165) is 44.9 Å². The van der Waals surface area contributed by atoms with E-state index in [0.29, 0.717) is 24.7 Å². The lowest BCUT2D eigenvalue weighted by molar-refractivity contribution is -0.366. The van der Waals surface area contributed by atoms with Gasteiger partial charge in [0.25, 0.3) is 0 Å². The molecule has 5 aliphatic carbocycles. The maximum Gasteiger partial charge on any atom is 0.204 e. The first-order valence-corrected chi connectivity index (χ1v) is 20.8. The fraction of sp³-hybridized carbons (Fsp3) is 0.951. The second-order valence-corrected chi connectivity index (χ2v) is 19.7. The second-order valence-electron chi connectivity index (χ2n) is 19.7. The second kappa shape index (κ2) is 13.6. The zero-order chi connectivity index (χ0) is 38.9. The smallest absolute Gasteiger partial charge is 0.204 e. The molecule has 54 heavy (non-hydrogen) atoms. The van der Waals surface area contributed by atoms with Crippen LogP contribution in [0.3, 0.4) is 0 Å². The molecular formula is C41H66O13. The highest BCUT2D eigenvalue weighted by molar-refractivity contribution is 5.29. The number of hydrogen-bond acceptors (Lipinski definition) is 13. The summed E-state index contributed by atoms with van der Waals surface area (Å²) < 4.78 is 31.4. The van der Waals surface area contributed by atoms with Crippen molar-refractivity contribution in [2.45, 2.75) is 178 Å². The lowest BCUT2D eigenvalue weighted by atomic mass is 9.41. The maximum absolute atomic E-state index is 11.7. The van der Waals surface area contributed by atoms with Gasteiger partial charge in [-0.1, -0.05) is 46.3 Å². The van der Waals surface area contributed by atoms with Crippen LogP contribution >= 0.6 is 0 Å². The van der Waals surface area contributed by atoms with Crippen molar-refractivity contribution in [3.05, 3.63) is 11.6 Å². The summed E-state index contributed by atoms with van der Waals surface area (Å²) in [5.74, 6) is -2.50. The predicted octanol–water partition coefficient (Wildman–Crippen LogP) is 1.73. The molecule has 308 valence electrons. The van der Waals surface area contributed by atoms with Crippen LogP contribution in [0.4, 0.5) is 0 Å². The molecule has 3 aliphatic heterocycles. The first-order valence-electron chi connectivity index (χ1n) is 20.8. The van der Waals surface area contributed by atoms with Crippen molar-refractivity contribution < 1.29 is 64.5 Å². The molecule has 0 spiro atoms. The minimum absolute atomic E-state index is 0.0136. The van der Waals surface area contributed by atoms with Crippen LogP contribution in [-0.2, 0) is 23.7 Å². The van der Waals surface area contributed by atoms with Crippen molar-refractivity contribution in [2.24, 2.45) is 51.8 Å². The molecule has 0 amide bonds. The Labute approximate surface area is 319 Å². The van der Waals surface area contributed by atoms with Gasteiger partial charge in [0.1, 0.15) is 36.6 Å². The van der Waals surface area contributed by atoms with Crippen LogP contribution in [0.15, 0.2) is 11.6 Å². The summed E-state index contributed by atoms with van der Waals surface area (Å²) in [4.78, 5) is 0. The predicted molar refractivity (Wildman–Crippen MR) is 192 cm³/mol. The molecule has 4 saturated carbocycles. The third-order valence-electron chi connectivity index (χ3n) is 16.8. The number of aliphatic hydroxyl groups is 8. The van der Waals surface area contributed by atoms with Gasteiger partial charge in [0.2, 0.25) is 5.79 Å². The highest BCUT2D eigenvalue weighted by Crippen LogP contribution is 2.74. The van der Waals surface area contributed by atoms with E-state index in [-0.39, 0.29) is 52.8 Å². The SMILES string of the molecule is CC1OC2(OC3C(O)[C@H](O)C(CO)O[C@H]3OC3CC[C@@]4(C)C(=CC[C@]5(C)[C@@H]4CC[C@]4(C)C6C(C[C@@H]54)OC(O)(CC[C@@H](C)CO)[C@H]6C)C3)C(O)C2C(O)[C@H]1O. The van der Waals surface area contributed by atoms with Crippen molar-refractivity contribution in [1.82, 2.24) is 0 Å². The van der Waals surface area contributed by atoms with E-state index >= 15 is 0 Å². The van der Waals surface area contributed by atoms with Crippen LogP contribution in [0.5, 0.6) is 0 Å². The maximum atomic E-state index is 11.7. The molecule has 0 aromatic heterocycles. The number of aliphatic hydroxyl groups excluding tert-OH is 7. The largest absolute Gasteiger partial charge is 0.396 e. The molecule has 7 fully saturated rings. The molecular weight excluding hydrogens is 700 g/mol. The van der Waals surface area contributed by atoms with Crippen molar-refractivity contribution >= 4 is 0 Å². The number of rotatable bonds is 9. The standard InChI is InChI=1S/C41H66O13/c1-19(17-42)7-14-40(49)20(2)28-24(53-40)16-27-38(5)11-8-22-15-23(9-12-37(22,4)26(38)10-13-39(27,28)6)50-36-34(33(47)31(45)25(18-43)51-36)54-41-29(35(41)48)32(46)30(44)21(3)52-41/h8,19-21,23-36,42-49H,7,9-18H2,1-6H3/t19-,20+,21?,23?,24?,25?,26-,27+,28?,29?,30+,31-,32?,33?,34?,35?,36-,37+,38-,39+,40?,41?/m1/s1. The molecule has 0 aromatic carbocycles. The lowest BCUT2D eigenvalue weighted by Gasteiger charge is -2.63. The van der Waals surface area contributed by atoms with E-state index in [1.165, 1.54) is 5.57 Å². The highest BCUT2D eigenvalue weighted by Gasteiger charge is 2.77. The Hall–Kier alpha value is -0.780. The van der Waals surface area contributed by atoms with E-state index in [1.54, 1.807) is 6.92 Å². The zero-order valence-electron chi connectivity index (χ0n) is 32.8. The summed E-state index contributed by atoms with van der Waals surface area (Å²) in [5.41, 5.74) is 1.42. The number of ether oxygens (including phenoxy) is 5. The Morgan fingerprint density at radius 2 is 1.63 bits per heavy atom. The molecule has 0 bridgehead atoms. The van der Waals surface area contributed by atoms with E-state index in [9.17, 15) is 40.9 Å². The van der Waals surface area contributed by atoms with Crippen LogP contribution < -0.4 is 0 Å². The van der Waals surface area contributed by atoms with E-state index < -0.39 is 79.2 Å². The number of hydrogen-bond donors (Lipinski definition) is 8. The van der Waals surface area contributed by atoms with E-state index in [2.05, 4.69) is 33.8 Å². The van der Waals surface area contributed by atoms with Gasteiger partial charge < -0.3 is 64.5 Å². The van der Waals surface area contributed by atoms with Crippen LogP contribution in [0.1, 0.15) is 99.3 Å². The minimum Gasteiger partial charge on any atom is -0.396 e. The Kier molecular flexibility index (Phi) is 10.1. The fourth-order valence-electron chi connectivity index (χ4n) is 13.5. The summed E-state index contributed by atoms with van der Waals surface area (Å²) in [5, 5.41) is 85.3. The molecule has 0 aromatic rings. The molecule has 13 nitrogen and oxygen atoms in total.